The van der Waals surface area contributed by atoms with Crippen LogP contribution in [0, 0.1) is 5.82 Å². The van der Waals surface area contributed by atoms with Crippen molar-refractivity contribution in [2.75, 3.05) is 13.6 Å². The highest BCUT2D eigenvalue weighted by Crippen LogP contribution is 2.11. The smallest absolute Gasteiger partial charge is 0.123 e. The maximum Gasteiger partial charge on any atom is 0.123 e. The van der Waals surface area contributed by atoms with E-state index in [1.165, 1.54) is 12.1 Å². The lowest BCUT2D eigenvalue weighted by molar-refractivity contribution is 0.587. The van der Waals surface area contributed by atoms with Gasteiger partial charge in [-0.25, -0.2) is 4.39 Å². The molecule has 1 aromatic carbocycles. The zero-order valence-electron chi connectivity index (χ0n) is 7.05. The summed E-state index contributed by atoms with van der Waals surface area (Å²) in [6.45, 7) is 0.472. The molecule has 0 aliphatic rings. The highest BCUT2D eigenvalue weighted by Gasteiger charge is 2.06. The first-order valence-corrected chi connectivity index (χ1v) is 3.90. The van der Waals surface area contributed by atoms with Gasteiger partial charge >= 0.3 is 0 Å². The standard InChI is InChI=1S/C9H13FN2/c1-12-9(6-11)7-3-2-4-8(10)5-7/h2-5,9,12H,6,11H2,1H3. The minimum absolute atomic E-state index is 0.0423. The summed E-state index contributed by atoms with van der Waals surface area (Å²) in [5, 5.41) is 3.00. The van der Waals surface area contributed by atoms with Gasteiger partial charge < -0.3 is 11.1 Å². The average Bonchev–Trinajstić information content (AvgIpc) is 2.07. The van der Waals surface area contributed by atoms with Crippen molar-refractivity contribution in [3.05, 3.63) is 35.6 Å². The van der Waals surface area contributed by atoms with E-state index in [-0.39, 0.29) is 11.9 Å². The van der Waals surface area contributed by atoms with Crippen molar-refractivity contribution in [2.45, 2.75) is 6.04 Å². The number of benzene rings is 1. The Morgan fingerprint density at radius 2 is 2.33 bits per heavy atom. The quantitative estimate of drug-likeness (QED) is 0.707. The van der Waals surface area contributed by atoms with Gasteiger partial charge in [-0.05, 0) is 24.7 Å². The topological polar surface area (TPSA) is 38.0 Å². The van der Waals surface area contributed by atoms with Crippen LogP contribution in [-0.4, -0.2) is 13.6 Å². The number of nitrogens with two attached hydrogens (primary N) is 1. The second-order valence-electron chi connectivity index (χ2n) is 2.63. The van der Waals surface area contributed by atoms with E-state index in [9.17, 15) is 4.39 Å². The summed E-state index contributed by atoms with van der Waals surface area (Å²) in [5.41, 5.74) is 6.37. The molecule has 3 N–H and O–H groups in total. The van der Waals surface area contributed by atoms with E-state index in [1.807, 2.05) is 13.1 Å². The summed E-state index contributed by atoms with van der Waals surface area (Å²) in [4.78, 5) is 0. The number of halogens is 1. The number of rotatable bonds is 3. The second kappa shape index (κ2) is 4.18. The molecule has 0 bridgehead atoms. The van der Waals surface area contributed by atoms with E-state index in [4.69, 9.17) is 5.73 Å². The molecule has 3 heteroatoms. The van der Waals surface area contributed by atoms with Gasteiger partial charge in [0.15, 0.2) is 0 Å². The van der Waals surface area contributed by atoms with E-state index in [1.54, 1.807) is 6.07 Å². The van der Waals surface area contributed by atoms with Crippen LogP contribution >= 0.6 is 0 Å². The molecule has 12 heavy (non-hydrogen) atoms. The van der Waals surface area contributed by atoms with Crippen molar-refractivity contribution in [1.29, 1.82) is 0 Å². The Balaban J connectivity index is 2.85. The highest BCUT2D eigenvalue weighted by molar-refractivity contribution is 5.20. The van der Waals surface area contributed by atoms with Gasteiger partial charge in [-0.15, -0.1) is 0 Å². The molecule has 66 valence electrons. The molecule has 1 atom stereocenters. The molecular formula is C9H13FN2. The molecule has 0 aromatic heterocycles. The Labute approximate surface area is 71.6 Å². The zero-order valence-corrected chi connectivity index (χ0v) is 7.05. The lowest BCUT2D eigenvalue weighted by atomic mass is 10.1. The van der Waals surface area contributed by atoms with Crippen LogP contribution in [0.1, 0.15) is 11.6 Å². The zero-order chi connectivity index (χ0) is 8.97. The van der Waals surface area contributed by atoms with Crippen LogP contribution in [0.3, 0.4) is 0 Å². The maximum atomic E-state index is 12.7. The van der Waals surface area contributed by atoms with Crippen LogP contribution in [0.15, 0.2) is 24.3 Å². The van der Waals surface area contributed by atoms with E-state index in [0.717, 1.165) is 5.56 Å². The molecule has 0 fully saturated rings. The van der Waals surface area contributed by atoms with E-state index in [2.05, 4.69) is 5.32 Å². The Morgan fingerprint density at radius 1 is 1.58 bits per heavy atom. The van der Waals surface area contributed by atoms with Crippen molar-refractivity contribution < 1.29 is 4.39 Å². The third kappa shape index (κ3) is 2.03. The fourth-order valence-electron chi connectivity index (χ4n) is 1.14. The number of nitrogens with one attached hydrogen (secondary N) is 1. The highest BCUT2D eigenvalue weighted by atomic mass is 19.1. The molecule has 0 radical (unpaired) electrons. The first kappa shape index (κ1) is 9.16. The first-order valence-electron chi connectivity index (χ1n) is 3.90. The summed E-state index contributed by atoms with van der Waals surface area (Å²) < 4.78 is 12.7. The predicted octanol–water partition coefficient (Wildman–Crippen LogP) is 1.04. The molecule has 0 aliphatic carbocycles. The van der Waals surface area contributed by atoms with Gasteiger partial charge in [0.05, 0.1) is 0 Å². The summed E-state index contributed by atoms with van der Waals surface area (Å²) in [6.07, 6.45) is 0. The maximum absolute atomic E-state index is 12.7. The van der Waals surface area contributed by atoms with E-state index >= 15 is 0 Å². The van der Waals surface area contributed by atoms with Gasteiger partial charge in [0.2, 0.25) is 0 Å². The van der Waals surface area contributed by atoms with E-state index < -0.39 is 0 Å². The summed E-state index contributed by atoms with van der Waals surface area (Å²) in [7, 11) is 1.81. The van der Waals surface area contributed by atoms with Crippen LogP contribution < -0.4 is 11.1 Å². The van der Waals surface area contributed by atoms with Gasteiger partial charge in [-0.3, -0.25) is 0 Å². The van der Waals surface area contributed by atoms with Crippen LogP contribution in [0.5, 0.6) is 0 Å². The van der Waals surface area contributed by atoms with Gasteiger partial charge in [-0.2, -0.15) is 0 Å². The second-order valence-corrected chi connectivity index (χ2v) is 2.63. The van der Waals surface area contributed by atoms with Crippen LogP contribution in [0.4, 0.5) is 4.39 Å². The van der Waals surface area contributed by atoms with E-state index in [0.29, 0.717) is 6.54 Å². The minimum Gasteiger partial charge on any atom is -0.329 e. The van der Waals surface area contributed by atoms with Gasteiger partial charge in [0.1, 0.15) is 5.82 Å². The Hall–Kier alpha value is -0.930. The van der Waals surface area contributed by atoms with Crippen molar-refractivity contribution in [3.63, 3.8) is 0 Å². The molecule has 0 heterocycles. The molecule has 0 spiro atoms. The largest absolute Gasteiger partial charge is 0.329 e. The number of hydrogen-bond donors (Lipinski definition) is 2. The van der Waals surface area contributed by atoms with Crippen LogP contribution in [-0.2, 0) is 0 Å². The molecule has 0 saturated heterocycles. The van der Waals surface area contributed by atoms with Crippen molar-refractivity contribution in [3.8, 4) is 0 Å². The van der Waals surface area contributed by atoms with Gasteiger partial charge in [-0.1, -0.05) is 12.1 Å². The van der Waals surface area contributed by atoms with Crippen molar-refractivity contribution in [1.82, 2.24) is 5.32 Å². The average molecular weight is 168 g/mol. The molecule has 1 aromatic rings. The third-order valence-electron chi connectivity index (χ3n) is 1.84. The van der Waals surface area contributed by atoms with Crippen LogP contribution in [0.25, 0.3) is 0 Å². The van der Waals surface area contributed by atoms with Crippen molar-refractivity contribution >= 4 is 0 Å². The normalized spacial score (nSPS) is 12.9. The summed E-state index contributed by atoms with van der Waals surface area (Å²) in [5.74, 6) is -0.221. The Morgan fingerprint density at radius 3 is 2.83 bits per heavy atom. The predicted molar refractivity (Wildman–Crippen MR) is 47.3 cm³/mol. The number of hydrogen-bond acceptors (Lipinski definition) is 2. The SMILES string of the molecule is CNC(CN)c1cccc(F)c1. The molecule has 1 rings (SSSR count). The molecule has 2 nitrogen and oxygen atoms in total. The molecule has 1 unspecified atom stereocenters. The van der Waals surface area contributed by atoms with Gasteiger partial charge in [0, 0.05) is 12.6 Å². The monoisotopic (exact) mass is 168 g/mol. The lowest BCUT2D eigenvalue weighted by Crippen LogP contribution is -2.24. The first-order chi connectivity index (χ1) is 5.77. The molecule has 0 aliphatic heterocycles. The lowest BCUT2D eigenvalue weighted by Gasteiger charge is -2.13. The van der Waals surface area contributed by atoms with Crippen molar-refractivity contribution in [2.24, 2.45) is 5.73 Å². The third-order valence-corrected chi connectivity index (χ3v) is 1.84. The summed E-state index contributed by atoms with van der Waals surface area (Å²) in [6, 6.07) is 6.50. The number of likely N-dealkylation sites (N-methyl/N-ethyl adjacent to an activating group) is 1. The fourth-order valence-corrected chi connectivity index (χ4v) is 1.14. The molecular weight excluding hydrogens is 155 g/mol. The molecule has 0 amide bonds. The van der Waals surface area contributed by atoms with Crippen LogP contribution in [0.2, 0.25) is 0 Å². The Kier molecular flexibility index (Phi) is 3.19. The minimum atomic E-state index is -0.221. The van der Waals surface area contributed by atoms with Gasteiger partial charge in [0.25, 0.3) is 0 Å². The molecule has 0 saturated carbocycles. The fraction of sp³-hybridized carbons (Fsp3) is 0.333. The summed E-state index contributed by atoms with van der Waals surface area (Å²) >= 11 is 0. The Bertz CT molecular complexity index is 246.